The number of likely N-dealkylation sites (tertiary alicyclic amines) is 1. The van der Waals surface area contributed by atoms with E-state index in [1.54, 1.807) is 0 Å². The zero-order chi connectivity index (χ0) is 12.4. The molecule has 3 rings (SSSR count). The minimum Gasteiger partial charge on any atom is -0.460 e. The Morgan fingerprint density at radius 3 is 3.00 bits per heavy atom. The van der Waals surface area contributed by atoms with E-state index in [1.807, 2.05) is 18.2 Å². The maximum atomic E-state index is 5.88. The van der Waals surface area contributed by atoms with Crippen LogP contribution in [0.3, 0.4) is 0 Å². The van der Waals surface area contributed by atoms with Gasteiger partial charge in [0.05, 0.1) is 6.54 Å². The van der Waals surface area contributed by atoms with Crippen molar-refractivity contribution in [1.82, 2.24) is 4.90 Å². The van der Waals surface area contributed by atoms with E-state index >= 15 is 0 Å². The fourth-order valence-corrected chi connectivity index (χ4v) is 2.85. The molecule has 1 aromatic heterocycles. The average molecular weight is 244 g/mol. The monoisotopic (exact) mass is 244 g/mol. The van der Waals surface area contributed by atoms with Gasteiger partial charge in [-0.05, 0) is 31.5 Å². The number of hydrogen-bond acceptors (Lipinski definition) is 3. The Balaban J connectivity index is 1.78. The minimum absolute atomic E-state index is 0.520. The number of para-hydroxylation sites is 1. The van der Waals surface area contributed by atoms with Gasteiger partial charge < -0.3 is 10.2 Å². The third-order valence-corrected chi connectivity index (χ3v) is 3.86. The highest BCUT2D eigenvalue weighted by Gasteiger charge is 2.22. The topological polar surface area (TPSA) is 42.4 Å². The molecule has 2 aromatic rings. The standard InChI is InChI=1S/C15H20N2O/c16-10-13-6-3-4-8-17(13)11-14-9-12-5-1-2-7-15(12)18-14/h1-2,5,7,9,13H,3-4,6,8,10-11,16H2. The molecule has 1 saturated heterocycles. The number of piperidine rings is 1. The predicted molar refractivity (Wildman–Crippen MR) is 73.3 cm³/mol. The summed E-state index contributed by atoms with van der Waals surface area (Å²) in [6.45, 7) is 2.77. The van der Waals surface area contributed by atoms with E-state index in [1.165, 1.54) is 24.6 Å². The van der Waals surface area contributed by atoms with E-state index in [9.17, 15) is 0 Å². The van der Waals surface area contributed by atoms with Gasteiger partial charge in [-0.2, -0.15) is 0 Å². The molecular weight excluding hydrogens is 224 g/mol. The van der Waals surface area contributed by atoms with Crippen molar-refractivity contribution >= 4 is 11.0 Å². The maximum Gasteiger partial charge on any atom is 0.134 e. The Morgan fingerprint density at radius 1 is 1.28 bits per heavy atom. The molecule has 3 heteroatoms. The second kappa shape index (κ2) is 5.12. The Labute approximate surface area is 108 Å². The van der Waals surface area contributed by atoms with Crippen LogP contribution in [-0.4, -0.2) is 24.0 Å². The van der Waals surface area contributed by atoms with Crippen LogP contribution < -0.4 is 5.73 Å². The van der Waals surface area contributed by atoms with E-state index in [0.29, 0.717) is 6.04 Å². The van der Waals surface area contributed by atoms with Crippen molar-refractivity contribution in [2.75, 3.05) is 13.1 Å². The van der Waals surface area contributed by atoms with E-state index in [4.69, 9.17) is 10.2 Å². The minimum atomic E-state index is 0.520. The quantitative estimate of drug-likeness (QED) is 0.902. The number of hydrogen-bond donors (Lipinski definition) is 1. The molecule has 0 saturated carbocycles. The lowest BCUT2D eigenvalue weighted by Crippen LogP contribution is -2.43. The summed E-state index contributed by atoms with van der Waals surface area (Å²) in [7, 11) is 0. The van der Waals surface area contributed by atoms with Gasteiger partial charge in [0.15, 0.2) is 0 Å². The van der Waals surface area contributed by atoms with Gasteiger partial charge in [-0.25, -0.2) is 0 Å². The van der Waals surface area contributed by atoms with Gasteiger partial charge >= 0.3 is 0 Å². The Hall–Kier alpha value is -1.32. The summed E-state index contributed by atoms with van der Waals surface area (Å²) in [5.74, 6) is 1.05. The van der Waals surface area contributed by atoms with Gasteiger partial charge in [-0.15, -0.1) is 0 Å². The summed E-state index contributed by atoms with van der Waals surface area (Å²) in [5, 5.41) is 1.19. The molecule has 0 aliphatic carbocycles. The van der Waals surface area contributed by atoms with Crippen LogP contribution in [0.1, 0.15) is 25.0 Å². The van der Waals surface area contributed by atoms with Gasteiger partial charge in [-0.1, -0.05) is 24.6 Å². The molecule has 1 aromatic carbocycles. The molecular formula is C15H20N2O. The van der Waals surface area contributed by atoms with Crippen molar-refractivity contribution < 1.29 is 4.42 Å². The average Bonchev–Trinajstić information content (AvgIpc) is 2.81. The van der Waals surface area contributed by atoms with Gasteiger partial charge in [0, 0.05) is 18.0 Å². The fourth-order valence-electron chi connectivity index (χ4n) is 2.85. The summed E-state index contributed by atoms with van der Waals surface area (Å²) >= 11 is 0. The molecule has 96 valence electrons. The lowest BCUT2D eigenvalue weighted by molar-refractivity contribution is 0.135. The third kappa shape index (κ3) is 2.28. The van der Waals surface area contributed by atoms with Crippen LogP contribution in [0, 0.1) is 0 Å². The van der Waals surface area contributed by atoms with Crippen molar-refractivity contribution in [3.05, 3.63) is 36.1 Å². The number of furan rings is 1. The Bertz CT molecular complexity index is 487. The van der Waals surface area contributed by atoms with Crippen LogP contribution in [0.15, 0.2) is 34.7 Å². The summed E-state index contributed by atoms with van der Waals surface area (Å²) in [6.07, 6.45) is 3.80. The Kier molecular flexibility index (Phi) is 3.35. The van der Waals surface area contributed by atoms with Crippen molar-refractivity contribution in [3.63, 3.8) is 0 Å². The SMILES string of the molecule is NCC1CCCCN1Cc1cc2ccccc2o1. The van der Waals surface area contributed by atoms with Gasteiger partial charge in [0.1, 0.15) is 11.3 Å². The zero-order valence-electron chi connectivity index (χ0n) is 10.6. The lowest BCUT2D eigenvalue weighted by atomic mass is 10.0. The number of nitrogens with zero attached hydrogens (tertiary/aromatic N) is 1. The molecule has 1 fully saturated rings. The van der Waals surface area contributed by atoms with Crippen LogP contribution in [-0.2, 0) is 6.54 Å². The highest BCUT2D eigenvalue weighted by Crippen LogP contribution is 2.23. The molecule has 1 aliphatic heterocycles. The highest BCUT2D eigenvalue weighted by molar-refractivity contribution is 5.77. The van der Waals surface area contributed by atoms with Crippen molar-refractivity contribution in [2.45, 2.75) is 31.8 Å². The summed E-state index contributed by atoms with van der Waals surface area (Å²) in [4.78, 5) is 2.46. The molecule has 0 bridgehead atoms. The van der Waals surface area contributed by atoms with Crippen LogP contribution in [0.2, 0.25) is 0 Å². The number of benzene rings is 1. The van der Waals surface area contributed by atoms with E-state index in [0.717, 1.165) is 31.0 Å². The van der Waals surface area contributed by atoms with E-state index in [2.05, 4.69) is 17.0 Å². The summed E-state index contributed by atoms with van der Waals surface area (Å²) < 4.78 is 5.88. The molecule has 0 spiro atoms. The van der Waals surface area contributed by atoms with Crippen LogP contribution in [0.4, 0.5) is 0 Å². The summed E-state index contributed by atoms with van der Waals surface area (Å²) in [5.41, 5.74) is 6.83. The molecule has 2 heterocycles. The van der Waals surface area contributed by atoms with Crippen LogP contribution >= 0.6 is 0 Å². The van der Waals surface area contributed by atoms with E-state index < -0.39 is 0 Å². The molecule has 18 heavy (non-hydrogen) atoms. The molecule has 0 radical (unpaired) electrons. The number of nitrogens with two attached hydrogens (primary N) is 1. The molecule has 1 aliphatic rings. The zero-order valence-corrected chi connectivity index (χ0v) is 10.6. The second-order valence-corrected chi connectivity index (χ2v) is 5.11. The smallest absolute Gasteiger partial charge is 0.134 e. The number of fused-ring (bicyclic) bond motifs is 1. The first kappa shape index (κ1) is 11.8. The van der Waals surface area contributed by atoms with Gasteiger partial charge in [-0.3, -0.25) is 4.90 Å². The second-order valence-electron chi connectivity index (χ2n) is 5.11. The van der Waals surface area contributed by atoms with Gasteiger partial charge in [0.2, 0.25) is 0 Å². The van der Waals surface area contributed by atoms with E-state index in [-0.39, 0.29) is 0 Å². The van der Waals surface area contributed by atoms with Crippen molar-refractivity contribution in [1.29, 1.82) is 0 Å². The summed E-state index contributed by atoms with van der Waals surface area (Å²) in [6, 6.07) is 10.9. The normalized spacial score (nSPS) is 21.5. The highest BCUT2D eigenvalue weighted by atomic mass is 16.3. The molecule has 2 N–H and O–H groups in total. The fraction of sp³-hybridized carbons (Fsp3) is 0.467. The van der Waals surface area contributed by atoms with Crippen LogP contribution in [0.5, 0.6) is 0 Å². The largest absolute Gasteiger partial charge is 0.460 e. The predicted octanol–water partition coefficient (Wildman–Crippen LogP) is 2.75. The first-order valence-corrected chi connectivity index (χ1v) is 6.78. The van der Waals surface area contributed by atoms with Gasteiger partial charge in [0.25, 0.3) is 0 Å². The molecule has 1 unspecified atom stereocenters. The van der Waals surface area contributed by atoms with Crippen molar-refractivity contribution in [3.8, 4) is 0 Å². The van der Waals surface area contributed by atoms with Crippen molar-refractivity contribution in [2.24, 2.45) is 5.73 Å². The first-order chi connectivity index (χ1) is 8.86. The molecule has 3 nitrogen and oxygen atoms in total. The Morgan fingerprint density at radius 2 is 2.17 bits per heavy atom. The molecule has 1 atom stereocenters. The molecule has 0 amide bonds. The maximum absolute atomic E-state index is 5.88. The number of rotatable bonds is 3. The third-order valence-electron chi connectivity index (χ3n) is 3.86. The first-order valence-electron chi connectivity index (χ1n) is 6.78. The van der Waals surface area contributed by atoms with Crippen LogP contribution in [0.25, 0.3) is 11.0 Å². The lowest BCUT2D eigenvalue weighted by Gasteiger charge is -2.34.